The number of hydrogen-bond acceptors (Lipinski definition) is 3. The first-order valence-corrected chi connectivity index (χ1v) is 8.79. The fourth-order valence-electron chi connectivity index (χ4n) is 1.53. The van der Waals surface area contributed by atoms with Crippen LogP contribution < -0.4 is 0 Å². The zero-order chi connectivity index (χ0) is 10.9. The molecule has 0 radical (unpaired) electrons. The van der Waals surface area contributed by atoms with Crippen LogP contribution in [0.3, 0.4) is 0 Å². The summed E-state index contributed by atoms with van der Waals surface area (Å²) in [6, 6.07) is 5.87. The molecule has 0 bridgehead atoms. The van der Waals surface area contributed by atoms with Crippen molar-refractivity contribution in [1.29, 1.82) is 0 Å². The molecule has 0 aliphatic carbocycles. The van der Waals surface area contributed by atoms with Crippen LogP contribution >= 0.6 is 12.4 Å². The lowest BCUT2D eigenvalue weighted by Gasteiger charge is -2.21. The first-order valence-electron chi connectivity index (χ1n) is 5.21. The fourth-order valence-corrected chi connectivity index (χ4v) is 2.70. The van der Waals surface area contributed by atoms with Crippen LogP contribution in [0.2, 0.25) is 19.6 Å². The minimum atomic E-state index is -1.26. The van der Waals surface area contributed by atoms with Crippen LogP contribution in [-0.4, -0.2) is 24.5 Å². The maximum atomic E-state index is 5.49. The van der Waals surface area contributed by atoms with Gasteiger partial charge in [0.1, 0.15) is 11.4 Å². The molecule has 88 valence electrons. The van der Waals surface area contributed by atoms with E-state index in [1.54, 1.807) is 6.20 Å². The highest BCUT2D eigenvalue weighted by molar-refractivity contribution is 6.77. The highest BCUT2D eigenvalue weighted by atomic mass is 35.5. The van der Waals surface area contributed by atoms with Gasteiger partial charge in [-0.1, -0.05) is 30.9 Å². The SMILES string of the molecule is C[Si](C)(C)C1CC(c2ccccn2)=NO1.Cl. The van der Waals surface area contributed by atoms with Crippen molar-refractivity contribution in [3.05, 3.63) is 30.1 Å². The van der Waals surface area contributed by atoms with Crippen molar-refractivity contribution < 1.29 is 4.84 Å². The summed E-state index contributed by atoms with van der Waals surface area (Å²) in [6.07, 6.45) is 2.70. The lowest BCUT2D eigenvalue weighted by molar-refractivity contribution is 0.135. The van der Waals surface area contributed by atoms with Crippen LogP contribution in [0, 0.1) is 0 Å². The Kier molecular flexibility index (Phi) is 4.10. The lowest BCUT2D eigenvalue weighted by Crippen LogP contribution is -2.38. The first-order chi connectivity index (χ1) is 7.07. The molecule has 2 rings (SSSR count). The predicted molar refractivity (Wildman–Crippen MR) is 70.9 cm³/mol. The van der Waals surface area contributed by atoms with Gasteiger partial charge < -0.3 is 4.84 Å². The van der Waals surface area contributed by atoms with E-state index < -0.39 is 8.07 Å². The maximum absolute atomic E-state index is 5.49. The third kappa shape index (κ3) is 2.83. The van der Waals surface area contributed by atoms with E-state index in [0.717, 1.165) is 17.8 Å². The van der Waals surface area contributed by atoms with Crippen LogP contribution in [0.25, 0.3) is 0 Å². The molecule has 0 fully saturated rings. The van der Waals surface area contributed by atoms with Gasteiger partial charge in [0, 0.05) is 12.6 Å². The summed E-state index contributed by atoms with van der Waals surface area (Å²) in [4.78, 5) is 9.78. The van der Waals surface area contributed by atoms with E-state index >= 15 is 0 Å². The fraction of sp³-hybridized carbons (Fsp3) is 0.455. The molecule has 1 aliphatic rings. The molecule has 1 aliphatic heterocycles. The maximum Gasteiger partial charge on any atom is 0.120 e. The molecule has 0 aromatic carbocycles. The zero-order valence-electron chi connectivity index (χ0n) is 9.80. The Morgan fingerprint density at radius 2 is 2.06 bits per heavy atom. The molecular formula is C11H17ClN2OSi. The molecule has 1 unspecified atom stereocenters. The largest absolute Gasteiger partial charge is 0.396 e. The van der Waals surface area contributed by atoms with E-state index in [1.165, 1.54) is 0 Å². The number of aromatic nitrogens is 1. The molecule has 1 aromatic rings. The molecule has 0 spiro atoms. The molecule has 2 heterocycles. The Balaban J connectivity index is 0.00000128. The van der Waals surface area contributed by atoms with E-state index in [-0.39, 0.29) is 12.4 Å². The van der Waals surface area contributed by atoms with Crippen molar-refractivity contribution in [1.82, 2.24) is 4.98 Å². The number of hydrogen-bond donors (Lipinski definition) is 0. The second-order valence-corrected chi connectivity index (χ2v) is 10.3. The van der Waals surface area contributed by atoms with Crippen LogP contribution in [0.1, 0.15) is 12.1 Å². The van der Waals surface area contributed by atoms with Gasteiger partial charge in [0.05, 0.1) is 13.8 Å². The van der Waals surface area contributed by atoms with Crippen LogP contribution in [0.5, 0.6) is 0 Å². The molecule has 16 heavy (non-hydrogen) atoms. The Hall–Kier alpha value is -0.873. The third-order valence-electron chi connectivity index (χ3n) is 2.60. The van der Waals surface area contributed by atoms with Crippen molar-refractivity contribution in [2.45, 2.75) is 31.8 Å². The minimum Gasteiger partial charge on any atom is -0.396 e. The molecule has 5 heteroatoms. The van der Waals surface area contributed by atoms with Crippen molar-refractivity contribution in [3.63, 3.8) is 0 Å². The van der Waals surface area contributed by atoms with E-state index in [2.05, 4.69) is 29.8 Å². The normalized spacial score (nSPS) is 19.7. The van der Waals surface area contributed by atoms with Gasteiger partial charge in [0.25, 0.3) is 0 Å². The van der Waals surface area contributed by atoms with Crippen molar-refractivity contribution in [2.24, 2.45) is 5.16 Å². The molecule has 3 nitrogen and oxygen atoms in total. The second kappa shape index (κ2) is 4.97. The molecular weight excluding hydrogens is 240 g/mol. The quantitative estimate of drug-likeness (QED) is 0.763. The molecule has 1 aromatic heterocycles. The van der Waals surface area contributed by atoms with Crippen molar-refractivity contribution >= 4 is 26.2 Å². The molecule has 1 atom stereocenters. The summed E-state index contributed by atoms with van der Waals surface area (Å²) in [5.41, 5.74) is 2.23. The topological polar surface area (TPSA) is 34.5 Å². The summed E-state index contributed by atoms with van der Waals surface area (Å²) in [7, 11) is -1.26. The zero-order valence-corrected chi connectivity index (χ0v) is 11.6. The van der Waals surface area contributed by atoms with E-state index in [9.17, 15) is 0 Å². The van der Waals surface area contributed by atoms with Gasteiger partial charge in [-0.2, -0.15) is 0 Å². The molecule has 0 amide bonds. The van der Waals surface area contributed by atoms with E-state index in [1.807, 2.05) is 18.2 Å². The molecule has 0 saturated carbocycles. The van der Waals surface area contributed by atoms with Crippen LogP contribution in [0.4, 0.5) is 0 Å². The average Bonchev–Trinajstić information content (AvgIpc) is 2.67. The van der Waals surface area contributed by atoms with Crippen LogP contribution in [0.15, 0.2) is 29.6 Å². The van der Waals surface area contributed by atoms with Crippen LogP contribution in [-0.2, 0) is 4.84 Å². The van der Waals surface area contributed by atoms with E-state index in [0.29, 0.717) is 5.73 Å². The minimum absolute atomic E-state index is 0. The van der Waals surface area contributed by atoms with E-state index in [4.69, 9.17) is 4.84 Å². The Morgan fingerprint density at radius 1 is 1.31 bits per heavy atom. The molecule has 0 N–H and O–H groups in total. The number of halogens is 1. The summed E-state index contributed by atoms with van der Waals surface area (Å²) >= 11 is 0. The highest BCUT2D eigenvalue weighted by Gasteiger charge is 2.34. The summed E-state index contributed by atoms with van der Waals surface area (Å²) in [5.74, 6) is 0. The summed E-state index contributed by atoms with van der Waals surface area (Å²) < 4.78 is 0. The summed E-state index contributed by atoms with van der Waals surface area (Å²) in [5, 5.41) is 4.14. The Labute approximate surface area is 103 Å². The number of oxime groups is 1. The Bertz CT molecular complexity index is 375. The van der Waals surface area contributed by atoms with Gasteiger partial charge >= 0.3 is 0 Å². The second-order valence-electron chi connectivity index (χ2n) is 4.92. The monoisotopic (exact) mass is 256 g/mol. The number of rotatable bonds is 2. The Morgan fingerprint density at radius 3 is 2.56 bits per heavy atom. The average molecular weight is 257 g/mol. The van der Waals surface area contributed by atoms with Crippen molar-refractivity contribution in [3.8, 4) is 0 Å². The smallest absolute Gasteiger partial charge is 0.120 e. The van der Waals surface area contributed by atoms with Gasteiger partial charge in [-0.15, -0.1) is 12.4 Å². The van der Waals surface area contributed by atoms with Crippen molar-refractivity contribution in [2.75, 3.05) is 0 Å². The number of nitrogens with zero attached hydrogens (tertiary/aromatic N) is 2. The van der Waals surface area contributed by atoms with Gasteiger partial charge in [-0.3, -0.25) is 4.98 Å². The first kappa shape index (κ1) is 13.2. The van der Waals surface area contributed by atoms with Gasteiger partial charge in [-0.25, -0.2) is 0 Å². The highest BCUT2D eigenvalue weighted by Crippen LogP contribution is 2.23. The summed E-state index contributed by atoms with van der Waals surface area (Å²) in [6.45, 7) is 6.90. The van der Waals surface area contributed by atoms with Gasteiger partial charge in [0.2, 0.25) is 0 Å². The van der Waals surface area contributed by atoms with Gasteiger partial charge in [0.15, 0.2) is 0 Å². The lowest BCUT2D eigenvalue weighted by atomic mass is 10.2. The molecule has 0 saturated heterocycles. The third-order valence-corrected chi connectivity index (χ3v) is 4.84. The van der Waals surface area contributed by atoms with Gasteiger partial charge in [-0.05, 0) is 12.1 Å². The number of pyridine rings is 1. The predicted octanol–water partition coefficient (Wildman–Crippen LogP) is 2.87. The standard InChI is InChI=1S/C11H16N2OSi.ClH/c1-15(2,3)11-8-10(13-14-11)9-6-4-5-7-12-9;/h4-7,11H,8H2,1-3H3;1H.